The lowest BCUT2D eigenvalue weighted by atomic mass is 10.1. The molecule has 2 N–H and O–H groups in total. The Bertz CT molecular complexity index is 654. The molecule has 1 aliphatic rings. The van der Waals surface area contributed by atoms with Gasteiger partial charge in [-0.2, -0.15) is 0 Å². The van der Waals surface area contributed by atoms with Crippen LogP contribution in [0.2, 0.25) is 0 Å². The Morgan fingerprint density at radius 1 is 1.24 bits per heavy atom. The second kappa shape index (κ2) is 7.21. The quantitative estimate of drug-likeness (QED) is 0.843. The van der Waals surface area contributed by atoms with Crippen molar-refractivity contribution in [1.29, 1.82) is 0 Å². The van der Waals surface area contributed by atoms with Crippen LogP contribution in [0.25, 0.3) is 0 Å². The van der Waals surface area contributed by atoms with Gasteiger partial charge in [0.05, 0.1) is 25.0 Å². The van der Waals surface area contributed by atoms with Crippen LogP contribution in [0.5, 0.6) is 5.75 Å². The van der Waals surface area contributed by atoms with Crippen molar-refractivity contribution >= 4 is 23.3 Å². The summed E-state index contributed by atoms with van der Waals surface area (Å²) in [5, 5.41) is 0. The number of rotatable bonds is 3. The lowest BCUT2D eigenvalue weighted by Gasteiger charge is -2.42. The second-order valence-corrected chi connectivity index (χ2v) is 7.17. The van der Waals surface area contributed by atoms with Crippen molar-refractivity contribution in [2.45, 2.75) is 39.3 Å². The molecule has 25 heavy (non-hydrogen) atoms. The highest BCUT2D eigenvalue weighted by Gasteiger charge is 2.35. The number of nitrogen functional groups attached to an aromatic ring is 1. The predicted molar refractivity (Wildman–Crippen MR) is 97.0 cm³/mol. The number of nitrogens with zero attached hydrogens (tertiary/aromatic N) is 2. The molecule has 2 rings (SSSR count). The minimum absolute atomic E-state index is 0.0320. The number of carbonyl (C=O) groups is 2. The van der Waals surface area contributed by atoms with Crippen LogP contribution in [0.1, 0.15) is 27.7 Å². The summed E-state index contributed by atoms with van der Waals surface area (Å²) in [6.07, 6.45) is -0.406. The topological polar surface area (TPSA) is 85.1 Å². The van der Waals surface area contributed by atoms with E-state index in [0.717, 1.165) is 5.69 Å². The van der Waals surface area contributed by atoms with Gasteiger partial charge in [0.1, 0.15) is 17.4 Å². The van der Waals surface area contributed by atoms with E-state index in [0.29, 0.717) is 24.5 Å². The molecule has 7 nitrogen and oxygen atoms in total. The molecule has 1 amide bonds. The number of nitrogens with two attached hydrogens (primary N) is 1. The summed E-state index contributed by atoms with van der Waals surface area (Å²) in [4.78, 5) is 28.0. The second-order valence-electron chi connectivity index (χ2n) is 7.17. The van der Waals surface area contributed by atoms with Gasteiger partial charge in [0.2, 0.25) is 0 Å². The van der Waals surface area contributed by atoms with E-state index in [2.05, 4.69) is 0 Å². The van der Waals surface area contributed by atoms with Crippen LogP contribution < -0.4 is 15.4 Å². The molecule has 7 heteroatoms. The maximum absolute atomic E-state index is 12.3. The number of anilines is 2. The molecule has 0 aromatic heterocycles. The number of hydrogen-bond donors (Lipinski definition) is 1. The maximum Gasteiger partial charge on any atom is 0.410 e. The molecule has 1 aromatic rings. The molecule has 1 atom stereocenters. The van der Waals surface area contributed by atoms with E-state index in [-0.39, 0.29) is 12.3 Å². The van der Waals surface area contributed by atoms with E-state index in [1.165, 1.54) is 6.92 Å². The van der Waals surface area contributed by atoms with E-state index in [1.54, 1.807) is 24.1 Å². The van der Waals surface area contributed by atoms with Gasteiger partial charge in [0, 0.05) is 19.2 Å². The van der Waals surface area contributed by atoms with Gasteiger partial charge in [-0.25, -0.2) is 4.79 Å². The number of amides is 1. The third-order valence-electron chi connectivity index (χ3n) is 4.05. The average Bonchev–Trinajstić information content (AvgIpc) is 2.53. The molecular formula is C18H27N3O4. The number of ether oxygens (including phenoxy) is 2. The molecular weight excluding hydrogens is 322 g/mol. The largest absolute Gasteiger partial charge is 0.497 e. The molecule has 0 spiro atoms. The number of carbonyl (C=O) groups excluding carboxylic acids is 2. The zero-order chi connectivity index (χ0) is 18.8. The molecule has 0 saturated carbocycles. The fourth-order valence-electron chi connectivity index (χ4n) is 2.81. The van der Waals surface area contributed by atoms with Crippen molar-refractivity contribution in [3.8, 4) is 5.75 Å². The standard InChI is InChI=1S/C18H27N3O4/c1-12(22)16-11-20(17(23)25-18(2,3)4)8-9-21(16)15-10-13(24-5)6-7-14(15)19/h6-7,10,16H,8-9,11,19H2,1-5H3. The normalized spacial score (nSPS) is 18.0. The molecule has 138 valence electrons. The molecule has 1 aliphatic heterocycles. The van der Waals surface area contributed by atoms with Crippen molar-refractivity contribution < 1.29 is 19.1 Å². The van der Waals surface area contributed by atoms with E-state index >= 15 is 0 Å². The molecule has 1 heterocycles. The minimum atomic E-state index is -0.572. The van der Waals surface area contributed by atoms with Crippen LogP contribution in [0, 0.1) is 0 Å². The van der Waals surface area contributed by atoms with Crippen LogP contribution in [0.4, 0.5) is 16.2 Å². The molecule has 1 aromatic carbocycles. The molecule has 1 saturated heterocycles. The highest BCUT2D eigenvalue weighted by molar-refractivity contribution is 5.88. The van der Waals surface area contributed by atoms with E-state index in [9.17, 15) is 9.59 Å². The Hall–Kier alpha value is -2.44. The highest BCUT2D eigenvalue weighted by Crippen LogP contribution is 2.31. The van der Waals surface area contributed by atoms with Crippen molar-refractivity contribution in [2.24, 2.45) is 0 Å². The number of methoxy groups -OCH3 is 1. The van der Waals surface area contributed by atoms with E-state index in [1.807, 2.05) is 31.7 Å². The zero-order valence-electron chi connectivity index (χ0n) is 15.5. The summed E-state index contributed by atoms with van der Waals surface area (Å²) in [5.41, 5.74) is 6.84. The zero-order valence-corrected chi connectivity index (χ0v) is 15.5. The minimum Gasteiger partial charge on any atom is -0.497 e. The summed E-state index contributed by atoms with van der Waals surface area (Å²) in [6.45, 7) is 8.19. The number of piperazine rings is 1. The Labute approximate surface area is 148 Å². The number of Topliss-reactive ketones (excluding diaryl/α,β-unsaturated/α-hetero) is 1. The molecule has 0 aliphatic carbocycles. The Kier molecular flexibility index (Phi) is 5.45. The Balaban J connectivity index is 2.23. The Morgan fingerprint density at radius 2 is 1.92 bits per heavy atom. The van der Waals surface area contributed by atoms with E-state index in [4.69, 9.17) is 15.2 Å². The first-order valence-electron chi connectivity index (χ1n) is 8.31. The summed E-state index contributed by atoms with van der Waals surface area (Å²) in [7, 11) is 1.58. The van der Waals surface area contributed by atoms with Gasteiger partial charge in [0.15, 0.2) is 5.78 Å². The number of ketones is 1. The van der Waals surface area contributed by atoms with Gasteiger partial charge in [-0.05, 0) is 39.8 Å². The maximum atomic E-state index is 12.3. The molecule has 0 radical (unpaired) electrons. The fraction of sp³-hybridized carbons (Fsp3) is 0.556. The summed E-state index contributed by atoms with van der Waals surface area (Å²) < 4.78 is 10.7. The van der Waals surface area contributed by atoms with Crippen LogP contribution >= 0.6 is 0 Å². The first-order chi connectivity index (χ1) is 11.6. The van der Waals surface area contributed by atoms with Crippen LogP contribution in [-0.2, 0) is 9.53 Å². The summed E-state index contributed by atoms with van der Waals surface area (Å²) in [5.74, 6) is 0.636. The predicted octanol–water partition coefficient (Wildman–Crippen LogP) is 2.29. The summed E-state index contributed by atoms with van der Waals surface area (Å²) in [6, 6.07) is 4.87. The van der Waals surface area contributed by atoms with Gasteiger partial charge in [-0.3, -0.25) is 4.79 Å². The van der Waals surface area contributed by atoms with Gasteiger partial charge in [0.25, 0.3) is 0 Å². The lowest BCUT2D eigenvalue weighted by Crippen LogP contribution is -2.58. The first-order valence-corrected chi connectivity index (χ1v) is 8.31. The SMILES string of the molecule is COc1ccc(N)c(N2CCN(C(=O)OC(C)(C)C)CC2C(C)=O)c1. The van der Waals surface area contributed by atoms with Crippen molar-refractivity contribution in [1.82, 2.24) is 4.90 Å². The third kappa shape index (κ3) is 4.55. The molecule has 0 bridgehead atoms. The van der Waals surface area contributed by atoms with Crippen LogP contribution in [-0.4, -0.2) is 55.2 Å². The highest BCUT2D eigenvalue weighted by atomic mass is 16.6. The lowest BCUT2D eigenvalue weighted by molar-refractivity contribution is -0.119. The van der Waals surface area contributed by atoms with Crippen LogP contribution in [0.3, 0.4) is 0 Å². The smallest absolute Gasteiger partial charge is 0.410 e. The average molecular weight is 349 g/mol. The number of hydrogen-bond acceptors (Lipinski definition) is 6. The van der Waals surface area contributed by atoms with Crippen molar-refractivity contribution in [3.05, 3.63) is 18.2 Å². The summed E-state index contributed by atoms with van der Waals surface area (Å²) >= 11 is 0. The third-order valence-corrected chi connectivity index (χ3v) is 4.05. The molecule has 1 fully saturated rings. The fourth-order valence-corrected chi connectivity index (χ4v) is 2.81. The molecule has 1 unspecified atom stereocenters. The van der Waals surface area contributed by atoms with Gasteiger partial charge in [-0.1, -0.05) is 0 Å². The first kappa shape index (κ1) is 18.9. The monoisotopic (exact) mass is 349 g/mol. The number of benzene rings is 1. The van der Waals surface area contributed by atoms with Crippen molar-refractivity contribution in [2.75, 3.05) is 37.4 Å². The van der Waals surface area contributed by atoms with Gasteiger partial charge < -0.3 is 25.0 Å². The van der Waals surface area contributed by atoms with Gasteiger partial charge in [-0.15, -0.1) is 0 Å². The van der Waals surface area contributed by atoms with Crippen LogP contribution in [0.15, 0.2) is 18.2 Å². The van der Waals surface area contributed by atoms with Gasteiger partial charge >= 0.3 is 6.09 Å². The Morgan fingerprint density at radius 3 is 2.48 bits per heavy atom. The van der Waals surface area contributed by atoms with E-state index < -0.39 is 17.7 Å². The van der Waals surface area contributed by atoms with Crippen molar-refractivity contribution in [3.63, 3.8) is 0 Å².